The Morgan fingerprint density at radius 1 is 1.25 bits per heavy atom. The van der Waals surface area contributed by atoms with Gasteiger partial charge >= 0.3 is 5.69 Å². The van der Waals surface area contributed by atoms with E-state index in [1.54, 1.807) is 24.3 Å². The van der Waals surface area contributed by atoms with E-state index in [9.17, 15) is 15.2 Å². The molecule has 0 heterocycles. The molecule has 2 aromatic carbocycles. The van der Waals surface area contributed by atoms with Crippen LogP contribution in [0, 0.1) is 21.4 Å². The second kappa shape index (κ2) is 5.82. The molecule has 2 rings (SSSR count). The van der Waals surface area contributed by atoms with Gasteiger partial charge in [-0.05, 0) is 18.2 Å². The van der Waals surface area contributed by atoms with Crippen LogP contribution in [0.2, 0.25) is 0 Å². The van der Waals surface area contributed by atoms with Crippen LogP contribution in [0.3, 0.4) is 0 Å². The molecular weight excluding hydrogens is 260 g/mol. The summed E-state index contributed by atoms with van der Waals surface area (Å²) < 4.78 is 5.48. The van der Waals surface area contributed by atoms with Gasteiger partial charge in [0.1, 0.15) is 5.75 Å². The van der Waals surface area contributed by atoms with Gasteiger partial charge in [0.25, 0.3) is 0 Å². The van der Waals surface area contributed by atoms with Gasteiger partial charge < -0.3 is 9.84 Å². The Morgan fingerprint density at radius 2 is 2.00 bits per heavy atom. The number of hydrogen-bond acceptors (Lipinski definition) is 5. The second-order valence-corrected chi connectivity index (χ2v) is 3.92. The molecule has 0 aromatic heterocycles. The Balaban J connectivity index is 2.43. The zero-order chi connectivity index (χ0) is 14.5. The highest BCUT2D eigenvalue weighted by Gasteiger charge is 2.17. The molecule has 0 radical (unpaired) electrons. The van der Waals surface area contributed by atoms with Gasteiger partial charge in [0.15, 0.2) is 0 Å². The number of ether oxygens (including phenoxy) is 1. The first kappa shape index (κ1) is 13.5. The lowest BCUT2D eigenvalue weighted by Gasteiger charge is -2.09. The summed E-state index contributed by atoms with van der Waals surface area (Å²) in [6.45, 7) is -0.236. The van der Waals surface area contributed by atoms with Crippen molar-refractivity contribution in [2.45, 2.75) is 6.61 Å². The largest absolute Gasteiger partial charge is 0.450 e. The van der Waals surface area contributed by atoms with E-state index in [1.165, 1.54) is 12.1 Å². The molecule has 0 saturated carbocycles. The average Bonchev–Trinajstić information content (AvgIpc) is 2.48. The fourth-order valence-corrected chi connectivity index (χ4v) is 1.67. The Labute approximate surface area is 114 Å². The first-order valence-corrected chi connectivity index (χ1v) is 5.71. The predicted octanol–water partition coefficient (Wildman–Crippen LogP) is 2.75. The third-order valence-electron chi connectivity index (χ3n) is 2.65. The molecule has 0 aliphatic carbocycles. The third kappa shape index (κ3) is 2.74. The Bertz CT molecular complexity index is 692. The average molecular weight is 270 g/mol. The molecule has 2 aromatic rings. The fraction of sp³-hybridized carbons (Fsp3) is 0.0714. The van der Waals surface area contributed by atoms with Crippen LogP contribution >= 0.6 is 0 Å². The highest BCUT2D eigenvalue weighted by molar-refractivity contribution is 5.53. The van der Waals surface area contributed by atoms with Gasteiger partial charge in [0, 0.05) is 11.6 Å². The SMILES string of the molecule is N#Cc1ccc(Oc2ccccc2CO)c([N+](=O)[O-])c1. The molecule has 0 amide bonds. The van der Waals surface area contributed by atoms with Crippen molar-refractivity contribution >= 4 is 5.69 Å². The fourth-order valence-electron chi connectivity index (χ4n) is 1.67. The minimum atomic E-state index is -0.613. The summed E-state index contributed by atoms with van der Waals surface area (Å²) in [7, 11) is 0. The molecule has 0 fully saturated rings. The van der Waals surface area contributed by atoms with E-state index >= 15 is 0 Å². The Hall–Kier alpha value is -2.91. The third-order valence-corrected chi connectivity index (χ3v) is 2.65. The number of nitro benzene ring substituents is 1. The monoisotopic (exact) mass is 270 g/mol. The van der Waals surface area contributed by atoms with E-state index < -0.39 is 4.92 Å². The smallest absolute Gasteiger partial charge is 0.312 e. The van der Waals surface area contributed by atoms with Gasteiger partial charge in [-0.3, -0.25) is 10.1 Å². The number of benzene rings is 2. The van der Waals surface area contributed by atoms with Crippen LogP contribution in [-0.2, 0) is 6.61 Å². The molecule has 100 valence electrons. The van der Waals surface area contributed by atoms with Crippen molar-refractivity contribution in [2.75, 3.05) is 0 Å². The summed E-state index contributed by atoms with van der Waals surface area (Å²) >= 11 is 0. The highest BCUT2D eigenvalue weighted by Crippen LogP contribution is 2.33. The quantitative estimate of drug-likeness (QED) is 0.680. The van der Waals surface area contributed by atoms with Crippen molar-refractivity contribution in [2.24, 2.45) is 0 Å². The molecule has 0 aliphatic rings. The van der Waals surface area contributed by atoms with E-state index in [1.807, 2.05) is 6.07 Å². The highest BCUT2D eigenvalue weighted by atomic mass is 16.6. The van der Waals surface area contributed by atoms with Crippen LogP contribution in [0.25, 0.3) is 0 Å². The van der Waals surface area contributed by atoms with Crippen molar-refractivity contribution in [3.05, 3.63) is 63.7 Å². The number of nitriles is 1. The summed E-state index contributed by atoms with van der Waals surface area (Å²) in [4.78, 5) is 10.4. The van der Waals surface area contributed by atoms with Crippen molar-refractivity contribution in [1.29, 1.82) is 5.26 Å². The number of aliphatic hydroxyl groups excluding tert-OH is 1. The zero-order valence-corrected chi connectivity index (χ0v) is 10.3. The summed E-state index contributed by atoms with van der Waals surface area (Å²) in [6.07, 6.45) is 0. The van der Waals surface area contributed by atoms with E-state index in [4.69, 9.17) is 10.00 Å². The zero-order valence-electron chi connectivity index (χ0n) is 10.3. The molecule has 6 heteroatoms. The minimum absolute atomic E-state index is 0.0231. The van der Waals surface area contributed by atoms with E-state index in [2.05, 4.69) is 0 Å². The van der Waals surface area contributed by atoms with Gasteiger partial charge in [-0.1, -0.05) is 18.2 Å². The lowest BCUT2D eigenvalue weighted by atomic mass is 10.2. The maximum Gasteiger partial charge on any atom is 0.312 e. The first-order chi connectivity index (χ1) is 9.65. The van der Waals surface area contributed by atoms with Gasteiger partial charge in [-0.2, -0.15) is 5.26 Å². The normalized spacial score (nSPS) is 9.80. The van der Waals surface area contributed by atoms with Crippen molar-refractivity contribution in [3.63, 3.8) is 0 Å². The summed E-state index contributed by atoms with van der Waals surface area (Å²) in [5.41, 5.74) is 0.405. The number of aliphatic hydroxyl groups is 1. The van der Waals surface area contributed by atoms with Gasteiger partial charge in [-0.15, -0.1) is 0 Å². The maximum absolute atomic E-state index is 11.0. The molecule has 0 unspecified atom stereocenters. The molecule has 0 atom stereocenters. The summed E-state index contributed by atoms with van der Waals surface area (Å²) in [5, 5.41) is 29.0. The standard InChI is InChI=1S/C14H10N2O4/c15-8-10-5-6-14(12(7-10)16(18)19)20-13-4-2-1-3-11(13)9-17/h1-7,17H,9H2. The van der Waals surface area contributed by atoms with Crippen LogP contribution in [0.1, 0.15) is 11.1 Å². The molecule has 20 heavy (non-hydrogen) atoms. The van der Waals surface area contributed by atoms with E-state index in [0.717, 1.165) is 6.07 Å². The molecule has 0 saturated heterocycles. The summed E-state index contributed by atoms with van der Waals surface area (Å²) in [6, 6.07) is 12.5. The van der Waals surface area contributed by atoms with Crippen LogP contribution in [0.5, 0.6) is 11.5 Å². The first-order valence-electron chi connectivity index (χ1n) is 5.71. The molecule has 0 spiro atoms. The predicted molar refractivity (Wildman–Crippen MR) is 70.3 cm³/mol. The van der Waals surface area contributed by atoms with Crippen molar-refractivity contribution < 1.29 is 14.8 Å². The molecule has 0 bridgehead atoms. The topological polar surface area (TPSA) is 96.4 Å². The molecule has 1 N–H and O–H groups in total. The Morgan fingerprint density at radius 3 is 2.65 bits per heavy atom. The second-order valence-electron chi connectivity index (χ2n) is 3.92. The van der Waals surface area contributed by atoms with Crippen LogP contribution in [0.4, 0.5) is 5.69 Å². The van der Waals surface area contributed by atoms with Gasteiger partial charge in [0.05, 0.1) is 23.2 Å². The number of hydrogen-bond donors (Lipinski definition) is 1. The number of nitro groups is 1. The number of rotatable bonds is 4. The molecule has 0 aliphatic heterocycles. The number of nitrogens with zero attached hydrogens (tertiary/aromatic N) is 2. The van der Waals surface area contributed by atoms with Crippen LogP contribution < -0.4 is 4.74 Å². The van der Waals surface area contributed by atoms with Crippen LogP contribution in [0.15, 0.2) is 42.5 Å². The lowest BCUT2D eigenvalue weighted by molar-refractivity contribution is -0.385. The number of para-hydroxylation sites is 1. The van der Waals surface area contributed by atoms with E-state index in [0.29, 0.717) is 11.3 Å². The Kier molecular flexibility index (Phi) is 3.93. The summed E-state index contributed by atoms with van der Waals surface area (Å²) in [5.74, 6) is 0.359. The van der Waals surface area contributed by atoms with Crippen molar-refractivity contribution in [3.8, 4) is 17.6 Å². The van der Waals surface area contributed by atoms with Gasteiger partial charge in [-0.25, -0.2) is 0 Å². The van der Waals surface area contributed by atoms with Crippen molar-refractivity contribution in [1.82, 2.24) is 0 Å². The van der Waals surface area contributed by atoms with E-state index in [-0.39, 0.29) is 23.6 Å². The van der Waals surface area contributed by atoms with Crippen LogP contribution in [-0.4, -0.2) is 10.0 Å². The minimum Gasteiger partial charge on any atom is -0.450 e. The maximum atomic E-state index is 11.0. The molecular formula is C14H10N2O4. The molecule has 6 nitrogen and oxygen atoms in total. The van der Waals surface area contributed by atoms with Gasteiger partial charge in [0.2, 0.25) is 5.75 Å². The lowest BCUT2D eigenvalue weighted by Crippen LogP contribution is -1.96.